The highest BCUT2D eigenvalue weighted by atomic mass is 16.4. The van der Waals surface area contributed by atoms with Gasteiger partial charge in [0.2, 0.25) is 0 Å². The maximum atomic E-state index is 12.0. The molecule has 20 heavy (non-hydrogen) atoms. The lowest BCUT2D eigenvalue weighted by molar-refractivity contribution is -0.176. The minimum absolute atomic E-state index is 0.309. The summed E-state index contributed by atoms with van der Waals surface area (Å²) in [4.78, 5) is 23.6. The Bertz CT molecular complexity index is 414. The second-order valence-corrected chi connectivity index (χ2v) is 6.31. The molecule has 0 radical (unpaired) electrons. The molecule has 0 amide bonds. The van der Waals surface area contributed by atoms with Crippen molar-refractivity contribution in [3.8, 4) is 0 Å². The van der Waals surface area contributed by atoms with Crippen LogP contribution < -0.4 is 11.5 Å². The van der Waals surface area contributed by atoms with Gasteiger partial charge in [-0.05, 0) is 25.7 Å². The molecule has 2 fully saturated rings. The number of aliphatic carboxylic acids is 2. The number of carboxylic acids is 2. The molecule has 0 heterocycles. The van der Waals surface area contributed by atoms with E-state index in [2.05, 4.69) is 0 Å². The molecule has 0 aromatic rings. The predicted molar refractivity (Wildman–Crippen MR) is 73.0 cm³/mol. The molecule has 114 valence electrons. The van der Waals surface area contributed by atoms with Gasteiger partial charge >= 0.3 is 11.9 Å². The van der Waals surface area contributed by atoms with Crippen LogP contribution in [0.3, 0.4) is 0 Å². The van der Waals surface area contributed by atoms with E-state index in [-0.39, 0.29) is 0 Å². The highest BCUT2D eigenvalue weighted by Crippen LogP contribution is 2.52. The van der Waals surface area contributed by atoms with Gasteiger partial charge in [-0.25, -0.2) is 0 Å². The van der Waals surface area contributed by atoms with Crippen LogP contribution in [-0.2, 0) is 9.59 Å². The second kappa shape index (κ2) is 5.33. The minimum atomic E-state index is -1.43. The SMILES string of the molecule is NC1CCCCC1(N)C1(C(=O)O)CCCCC1C(=O)O. The van der Waals surface area contributed by atoms with Crippen LogP contribution in [0.4, 0.5) is 0 Å². The smallest absolute Gasteiger partial charge is 0.312 e. The zero-order valence-corrected chi connectivity index (χ0v) is 11.7. The molecule has 2 rings (SSSR count). The summed E-state index contributed by atoms with van der Waals surface area (Å²) in [5, 5.41) is 19.3. The third kappa shape index (κ3) is 2.02. The van der Waals surface area contributed by atoms with Gasteiger partial charge in [-0.3, -0.25) is 9.59 Å². The van der Waals surface area contributed by atoms with Gasteiger partial charge in [0.15, 0.2) is 0 Å². The van der Waals surface area contributed by atoms with Crippen molar-refractivity contribution in [2.24, 2.45) is 22.8 Å². The Hall–Kier alpha value is -1.14. The van der Waals surface area contributed by atoms with Crippen molar-refractivity contribution < 1.29 is 19.8 Å². The van der Waals surface area contributed by atoms with Gasteiger partial charge in [-0.15, -0.1) is 0 Å². The summed E-state index contributed by atoms with van der Waals surface area (Å²) in [6.45, 7) is 0. The molecule has 0 aromatic carbocycles. The Morgan fingerprint density at radius 2 is 1.60 bits per heavy atom. The fraction of sp³-hybridized carbons (Fsp3) is 0.857. The van der Waals surface area contributed by atoms with Gasteiger partial charge in [0.25, 0.3) is 0 Å². The van der Waals surface area contributed by atoms with Crippen LogP contribution in [0, 0.1) is 11.3 Å². The molecule has 6 N–H and O–H groups in total. The van der Waals surface area contributed by atoms with Crippen molar-refractivity contribution in [2.45, 2.75) is 62.9 Å². The van der Waals surface area contributed by atoms with E-state index in [1.807, 2.05) is 0 Å². The van der Waals surface area contributed by atoms with E-state index in [1.54, 1.807) is 0 Å². The van der Waals surface area contributed by atoms with Crippen LogP contribution in [-0.4, -0.2) is 33.7 Å². The Kier molecular flexibility index (Phi) is 4.07. The molecule has 2 aliphatic carbocycles. The van der Waals surface area contributed by atoms with Crippen molar-refractivity contribution in [3.63, 3.8) is 0 Å². The Morgan fingerprint density at radius 3 is 2.15 bits per heavy atom. The summed E-state index contributed by atoms with van der Waals surface area (Å²) in [7, 11) is 0. The van der Waals surface area contributed by atoms with Crippen molar-refractivity contribution in [3.05, 3.63) is 0 Å². The van der Waals surface area contributed by atoms with Crippen molar-refractivity contribution in [1.29, 1.82) is 0 Å². The van der Waals surface area contributed by atoms with E-state index in [1.165, 1.54) is 0 Å². The molecule has 0 aromatic heterocycles. The maximum Gasteiger partial charge on any atom is 0.312 e. The third-order valence-electron chi connectivity index (χ3n) is 5.44. The van der Waals surface area contributed by atoms with Crippen molar-refractivity contribution in [2.75, 3.05) is 0 Å². The molecule has 2 saturated carbocycles. The minimum Gasteiger partial charge on any atom is -0.481 e. The second-order valence-electron chi connectivity index (χ2n) is 6.31. The Balaban J connectivity index is 2.51. The van der Waals surface area contributed by atoms with Gasteiger partial charge in [-0.2, -0.15) is 0 Å². The lowest BCUT2D eigenvalue weighted by Gasteiger charge is -2.54. The van der Waals surface area contributed by atoms with Crippen molar-refractivity contribution in [1.82, 2.24) is 0 Å². The highest BCUT2D eigenvalue weighted by Gasteiger charge is 2.64. The van der Waals surface area contributed by atoms with Crippen molar-refractivity contribution >= 4 is 11.9 Å². The fourth-order valence-corrected chi connectivity index (χ4v) is 4.30. The van der Waals surface area contributed by atoms with Crippen LogP contribution in [0.2, 0.25) is 0 Å². The molecule has 0 bridgehead atoms. The monoisotopic (exact) mass is 284 g/mol. The summed E-state index contributed by atoms with van der Waals surface area (Å²) in [5.74, 6) is -3.10. The fourth-order valence-electron chi connectivity index (χ4n) is 4.30. The summed E-state index contributed by atoms with van der Waals surface area (Å²) in [5.41, 5.74) is 10.1. The topological polar surface area (TPSA) is 127 Å². The molecule has 6 nitrogen and oxygen atoms in total. The predicted octanol–water partition coefficient (Wildman–Crippen LogP) is 0.931. The van der Waals surface area contributed by atoms with Gasteiger partial charge in [0.1, 0.15) is 5.41 Å². The average Bonchev–Trinajstić information content (AvgIpc) is 2.41. The Labute approximate surface area is 118 Å². The summed E-state index contributed by atoms with van der Waals surface area (Å²) in [6, 6.07) is -0.452. The molecule has 6 heteroatoms. The first-order valence-electron chi connectivity index (χ1n) is 7.37. The lowest BCUT2D eigenvalue weighted by atomic mass is 9.51. The largest absolute Gasteiger partial charge is 0.481 e. The lowest BCUT2D eigenvalue weighted by Crippen LogP contribution is -2.72. The number of carboxylic acid groups (broad SMARTS) is 2. The number of carbonyl (C=O) groups is 2. The number of rotatable bonds is 3. The van der Waals surface area contributed by atoms with Crippen LogP contribution >= 0.6 is 0 Å². The Morgan fingerprint density at radius 1 is 1.00 bits per heavy atom. The molecule has 2 aliphatic rings. The molecule has 4 unspecified atom stereocenters. The first-order chi connectivity index (χ1) is 9.36. The van der Waals surface area contributed by atoms with E-state index in [4.69, 9.17) is 11.5 Å². The average molecular weight is 284 g/mol. The van der Waals surface area contributed by atoms with Gasteiger partial charge in [-0.1, -0.05) is 25.7 Å². The zero-order chi connectivity index (χ0) is 15.0. The van der Waals surface area contributed by atoms with Gasteiger partial charge in [0, 0.05) is 11.6 Å². The van der Waals surface area contributed by atoms with Gasteiger partial charge in [0.05, 0.1) is 5.92 Å². The molecular formula is C14H24N2O4. The molecular weight excluding hydrogens is 260 g/mol. The number of hydrogen-bond acceptors (Lipinski definition) is 4. The van der Waals surface area contributed by atoms with Crippen LogP contribution in [0.25, 0.3) is 0 Å². The van der Waals surface area contributed by atoms with E-state index >= 15 is 0 Å². The van der Waals surface area contributed by atoms with E-state index in [9.17, 15) is 19.8 Å². The molecule has 0 spiro atoms. The number of nitrogens with two attached hydrogens (primary N) is 2. The van der Waals surface area contributed by atoms with Crippen LogP contribution in [0.1, 0.15) is 51.4 Å². The first-order valence-corrected chi connectivity index (χ1v) is 7.37. The first kappa shape index (κ1) is 15.3. The van der Waals surface area contributed by atoms with Gasteiger partial charge < -0.3 is 21.7 Å². The summed E-state index contributed by atoms with van der Waals surface area (Å²) in [6.07, 6.45) is 5.00. The standard InChI is InChI=1S/C14H24N2O4/c15-10-6-2-4-8-14(10,16)13(12(19)20)7-3-1-5-9(13)11(17)18/h9-10H,1-8,15-16H2,(H,17,18)(H,19,20). The van der Waals surface area contributed by atoms with E-state index in [0.717, 1.165) is 19.3 Å². The summed E-state index contributed by atoms with van der Waals surface area (Å²) >= 11 is 0. The maximum absolute atomic E-state index is 12.0. The summed E-state index contributed by atoms with van der Waals surface area (Å²) < 4.78 is 0. The van der Waals surface area contributed by atoms with Crippen LogP contribution in [0.15, 0.2) is 0 Å². The molecule has 0 saturated heterocycles. The van der Waals surface area contributed by atoms with Crippen LogP contribution in [0.5, 0.6) is 0 Å². The number of hydrogen-bond donors (Lipinski definition) is 4. The van der Waals surface area contributed by atoms with E-state index in [0.29, 0.717) is 32.1 Å². The molecule has 4 atom stereocenters. The normalized spacial score (nSPS) is 42.1. The van der Waals surface area contributed by atoms with E-state index < -0.39 is 34.9 Å². The third-order valence-corrected chi connectivity index (χ3v) is 5.44. The highest BCUT2D eigenvalue weighted by molar-refractivity contribution is 5.85. The quantitative estimate of drug-likeness (QED) is 0.610. The zero-order valence-electron chi connectivity index (χ0n) is 11.7. The molecule has 0 aliphatic heterocycles.